The van der Waals surface area contributed by atoms with Crippen molar-refractivity contribution >= 4 is 10.4 Å². The number of rotatable bonds is 0. The van der Waals surface area contributed by atoms with Gasteiger partial charge in [0.15, 0.2) is 0 Å². The first-order chi connectivity index (χ1) is 5.00. The largest absolute Gasteiger partial charge is 0.394 e. The third-order valence-corrected chi connectivity index (χ3v) is 0.490. The van der Waals surface area contributed by atoms with Gasteiger partial charge in [0.25, 0.3) is 0 Å². The first kappa shape index (κ1) is 9.95. The Morgan fingerprint density at radius 2 is 1.82 bits per heavy atom. The van der Waals surface area contributed by atoms with Crippen molar-refractivity contribution in [3.63, 3.8) is 0 Å². The summed E-state index contributed by atoms with van der Waals surface area (Å²) < 4.78 is 31.6. The number of hydrogen-bond acceptors (Lipinski definition) is 4. The van der Waals surface area contributed by atoms with Crippen LogP contribution in [0.1, 0.15) is 0 Å². The van der Waals surface area contributed by atoms with E-state index >= 15 is 0 Å². The highest BCUT2D eigenvalue weighted by Gasteiger charge is 1.84. The molecule has 0 radical (unpaired) electrons. The fraction of sp³-hybridized carbons (Fsp3) is 0. The van der Waals surface area contributed by atoms with Crippen LogP contribution in [0.25, 0.3) is 0 Å². The number of hydroxylamine groups is 1. The zero-order chi connectivity index (χ0) is 8.74. The number of allylic oxidation sites excluding steroid dienone is 2. The topological polar surface area (TPSA) is 95.9 Å². The fourth-order valence-corrected chi connectivity index (χ4v) is 0.258. The van der Waals surface area contributed by atoms with Gasteiger partial charge in [0.2, 0.25) is 0 Å². The van der Waals surface area contributed by atoms with E-state index in [4.69, 9.17) is 17.5 Å². The van der Waals surface area contributed by atoms with Gasteiger partial charge in [0, 0.05) is 6.20 Å². The van der Waals surface area contributed by atoms with Crippen LogP contribution in [0.5, 0.6) is 0 Å². The maximum Gasteiger partial charge on any atom is 0.394 e. The summed E-state index contributed by atoms with van der Waals surface area (Å²) in [5.74, 6) is 0. The second-order valence-electron chi connectivity index (χ2n) is 1.37. The molecule has 0 aromatic heterocycles. The summed E-state index contributed by atoms with van der Waals surface area (Å²) in [6.45, 7) is 0. The van der Waals surface area contributed by atoms with Gasteiger partial charge < -0.3 is 4.84 Å². The van der Waals surface area contributed by atoms with Crippen LogP contribution in [0, 0.1) is 0 Å². The van der Waals surface area contributed by atoms with Gasteiger partial charge in [-0.2, -0.15) is 8.42 Å². The van der Waals surface area contributed by atoms with Crippen molar-refractivity contribution in [2.45, 2.75) is 0 Å². The maximum atomic E-state index is 8.74. The molecule has 3 N–H and O–H groups in total. The van der Waals surface area contributed by atoms with Gasteiger partial charge in [-0.3, -0.25) is 9.11 Å². The van der Waals surface area contributed by atoms with Gasteiger partial charge in [-0.25, -0.2) is 5.48 Å². The summed E-state index contributed by atoms with van der Waals surface area (Å²) in [4.78, 5) is 4.55. The molecule has 0 spiro atoms. The normalized spacial score (nSPS) is 14.0. The number of hydrogen-bond donors (Lipinski definition) is 3. The van der Waals surface area contributed by atoms with E-state index in [1.54, 1.807) is 18.5 Å². The van der Waals surface area contributed by atoms with Crippen LogP contribution in [0.3, 0.4) is 0 Å². The summed E-state index contributed by atoms with van der Waals surface area (Å²) in [7, 11) is -4.67. The first-order valence-corrected chi connectivity index (χ1v) is 3.82. The lowest BCUT2D eigenvalue weighted by atomic mass is 10.6. The molecule has 0 atom stereocenters. The van der Waals surface area contributed by atoms with Crippen LogP contribution in [-0.4, -0.2) is 17.5 Å². The monoisotopic (exact) mass is 181 g/mol. The van der Waals surface area contributed by atoms with Crippen molar-refractivity contribution in [2.24, 2.45) is 0 Å². The van der Waals surface area contributed by atoms with Crippen LogP contribution in [0.4, 0.5) is 0 Å². The Hall–Kier alpha value is -1.05. The van der Waals surface area contributed by atoms with Gasteiger partial charge in [-0.1, -0.05) is 0 Å². The molecule has 0 aromatic rings. The first-order valence-electron chi connectivity index (χ1n) is 2.43. The molecule has 11 heavy (non-hydrogen) atoms. The Morgan fingerprint density at radius 3 is 1.91 bits per heavy atom. The molecular weight excluding hydrogens is 174 g/mol. The van der Waals surface area contributed by atoms with Gasteiger partial charge in [-0.15, -0.1) is 0 Å². The zero-order valence-corrected chi connectivity index (χ0v) is 6.15. The SMILES string of the molecule is C1=CNOC=C1.O=S(=O)(O)O. The molecule has 0 saturated carbocycles. The van der Waals surface area contributed by atoms with Crippen molar-refractivity contribution in [2.75, 3.05) is 0 Å². The standard InChI is InChI=1S/C4H5NO.H2O4S/c1-2-4-6-5-3-1;1-5(2,3)4/h1-5H;(H2,1,2,3,4). The Balaban J connectivity index is 0.000000187. The molecule has 7 heteroatoms. The lowest BCUT2D eigenvalue weighted by Crippen LogP contribution is -2.01. The van der Waals surface area contributed by atoms with Crippen molar-refractivity contribution < 1.29 is 22.4 Å². The summed E-state index contributed by atoms with van der Waals surface area (Å²) in [6.07, 6.45) is 6.93. The molecule has 0 aromatic carbocycles. The van der Waals surface area contributed by atoms with Crippen molar-refractivity contribution in [3.05, 3.63) is 24.6 Å². The van der Waals surface area contributed by atoms with E-state index in [-0.39, 0.29) is 0 Å². The summed E-state index contributed by atoms with van der Waals surface area (Å²) >= 11 is 0. The molecule has 0 aliphatic carbocycles. The highest BCUT2D eigenvalue weighted by Crippen LogP contribution is 1.80. The minimum atomic E-state index is -4.67. The highest BCUT2D eigenvalue weighted by atomic mass is 32.3. The molecule has 1 rings (SSSR count). The molecule has 1 heterocycles. The Morgan fingerprint density at radius 1 is 1.27 bits per heavy atom. The van der Waals surface area contributed by atoms with E-state index < -0.39 is 10.4 Å². The molecule has 0 saturated heterocycles. The van der Waals surface area contributed by atoms with E-state index in [1.165, 1.54) is 0 Å². The summed E-state index contributed by atoms with van der Waals surface area (Å²) in [5, 5.41) is 0. The molecular formula is C4H7NO5S. The van der Waals surface area contributed by atoms with Crippen LogP contribution < -0.4 is 5.48 Å². The van der Waals surface area contributed by atoms with Crippen molar-refractivity contribution in [3.8, 4) is 0 Å². The van der Waals surface area contributed by atoms with E-state index in [1.807, 2.05) is 6.08 Å². The summed E-state index contributed by atoms with van der Waals surface area (Å²) in [6, 6.07) is 0. The minimum absolute atomic E-state index is 1.57. The smallest absolute Gasteiger partial charge is 0.391 e. The maximum absolute atomic E-state index is 8.74. The van der Waals surface area contributed by atoms with E-state index in [0.717, 1.165) is 0 Å². The molecule has 64 valence electrons. The van der Waals surface area contributed by atoms with E-state index in [9.17, 15) is 0 Å². The van der Waals surface area contributed by atoms with Gasteiger partial charge in [-0.05, 0) is 12.2 Å². The highest BCUT2D eigenvalue weighted by molar-refractivity contribution is 7.79. The molecule has 1 aliphatic heterocycles. The van der Waals surface area contributed by atoms with E-state index in [2.05, 4.69) is 10.3 Å². The second kappa shape index (κ2) is 4.72. The van der Waals surface area contributed by atoms with Crippen molar-refractivity contribution in [1.82, 2.24) is 5.48 Å². The van der Waals surface area contributed by atoms with E-state index in [0.29, 0.717) is 0 Å². The molecule has 6 nitrogen and oxygen atoms in total. The predicted octanol–water partition coefficient (Wildman–Crippen LogP) is -0.104. The Labute approximate surface area is 63.7 Å². The lowest BCUT2D eigenvalue weighted by molar-refractivity contribution is 0.172. The van der Waals surface area contributed by atoms with Crippen molar-refractivity contribution in [1.29, 1.82) is 0 Å². The molecule has 0 bridgehead atoms. The quantitative estimate of drug-likeness (QED) is 0.451. The van der Waals surface area contributed by atoms with Gasteiger partial charge in [0.1, 0.15) is 6.26 Å². The predicted molar refractivity (Wildman–Crippen MR) is 36.7 cm³/mol. The van der Waals surface area contributed by atoms with Crippen LogP contribution in [0.15, 0.2) is 24.6 Å². The summed E-state index contributed by atoms with van der Waals surface area (Å²) in [5.41, 5.74) is 2.52. The average molecular weight is 181 g/mol. The molecule has 0 unspecified atom stereocenters. The molecule has 0 fully saturated rings. The zero-order valence-electron chi connectivity index (χ0n) is 5.34. The van der Waals surface area contributed by atoms with Crippen LogP contribution in [0.2, 0.25) is 0 Å². The average Bonchev–Trinajstić information content (AvgIpc) is 1.88. The third kappa shape index (κ3) is 17.6. The fourth-order valence-electron chi connectivity index (χ4n) is 0.258. The van der Waals surface area contributed by atoms with Gasteiger partial charge in [0.05, 0.1) is 0 Å². The number of nitrogens with one attached hydrogen (secondary N) is 1. The third-order valence-electron chi connectivity index (χ3n) is 0.490. The van der Waals surface area contributed by atoms with Crippen LogP contribution >= 0.6 is 0 Å². The Bertz CT molecular complexity index is 221. The lowest BCUT2D eigenvalue weighted by Gasteiger charge is -1.97. The second-order valence-corrected chi connectivity index (χ2v) is 2.27. The van der Waals surface area contributed by atoms with Crippen LogP contribution in [-0.2, 0) is 15.2 Å². The Kier molecular flexibility index (Phi) is 4.27. The van der Waals surface area contributed by atoms with Gasteiger partial charge >= 0.3 is 10.4 Å². The minimum Gasteiger partial charge on any atom is -0.391 e. The molecule has 0 amide bonds. The molecule has 1 aliphatic rings.